The van der Waals surface area contributed by atoms with Crippen LogP contribution in [0.5, 0.6) is 0 Å². The van der Waals surface area contributed by atoms with E-state index in [1.54, 1.807) is 0 Å². The zero-order chi connectivity index (χ0) is 0. The Kier molecular flexibility index (Phi) is 137. The van der Waals surface area contributed by atoms with Crippen molar-refractivity contribution in [3.8, 4) is 0 Å². The van der Waals surface area contributed by atoms with E-state index in [0.29, 0.717) is 0 Å². The molecule has 0 aromatic carbocycles. The van der Waals surface area contributed by atoms with Crippen LogP contribution < -0.4 is 0 Å². The zero-order valence-corrected chi connectivity index (χ0v) is 8.22. The fraction of sp³-hybridized carbons (Fsp3) is 0. The first kappa shape index (κ1) is 31.0. The van der Waals surface area contributed by atoms with Crippen molar-refractivity contribution in [1.29, 1.82) is 0 Å². The summed E-state index contributed by atoms with van der Waals surface area (Å²) < 4.78 is 0. The predicted molar refractivity (Wildman–Crippen MR) is 5.75 cm³/mol. The topological polar surface area (TPSA) is 0 Å². The molecular formula is CuMnSnTi. The van der Waals surface area contributed by atoms with Gasteiger partial charge in [-0.1, -0.05) is 0 Å². The number of hydrogen-bond acceptors (Lipinski definition) is 0. The number of hydrogen-bond donors (Lipinski definition) is 0. The van der Waals surface area contributed by atoms with Gasteiger partial charge in [-0.25, -0.2) is 0 Å². The van der Waals surface area contributed by atoms with Gasteiger partial charge < -0.3 is 0 Å². The Labute approximate surface area is 78.6 Å². The van der Waals surface area contributed by atoms with E-state index in [4.69, 9.17) is 0 Å². The molecule has 0 heterocycles. The van der Waals surface area contributed by atoms with Gasteiger partial charge in [-0.05, 0) is 0 Å². The molecule has 0 atom stereocenters. The molecule has 0 fully saturated rings. The molecule has 0 aliphatic rings. The molecule has 6 radical (unpaired) electrons. The molecule has 0 rings (SSSR count). The Hall–Kier alpha value is 2.55. The fourth-order valence-corrected chi connectivity index (χ4v) is 0. The van der Waals surface area contributed by atoms with E-state index in [2.05, 4.69) is 0 Å². The first-order chi connectivity index (χ1) is 0. The molecule has 0 aromatic rings. The van der Waals surface area contributed by atoms with Gasteiger partial charge in [0, 0.05) is 79.8 Å². The molecule has 0 aliphatic carbocycles. The Morgan fingerprint density at radius 1 is 1.00 bits per heavy atom. The second-order valence-corrected chi connectivity index (χ2v) is 0. The average Bonchev–Trinajstić information content (AvgIpc) is 0. The molecule has 26 valence electrons. The first-order valence-corrected chi connectivity index (χ1v) is 0. The summed E-state index contributed by atoms with van der Waals surface area (Å²) in [5.41, 5.74) is 0. The molecule has 0 aliphatic heterocycles. The van der Waals surface area contributed by atoms with Crippen LogP contribution in [-0.2, 0) is 55.9 Å². The summed E-state index contributed by atoms with van der Waals surface area (Å²) in [6.45, 7) is 0. The summed E-state index contributed by atoms with van der Waals surface area (Å²) in [5, 5.41) is 0. The Morgan fingerprint density at radius 3 is 1.00 bits per heavy atom. The van der Waals surface area contributed by atoms with Crippen molar-refractivity contribution in [3.63, 3.8) is 0 Å². The molecule has 0 saturated carbocycles. The minimum atomic E-state index is 0. The van der Waals surface area contributed by atoms with Gasteiger partial charge in [0.05, 0.1) is 0 Å². The van der Waals surface area contributed by atoms with E-state index in [-0.39, 0.29) is 79.8 Å². The van der Waals surface area contributed by atoms with E-state index in [0.717, 1.165) is 0 Å². The second kappa shape index (κ2) is 17.7. The quantitative estimate of drug-likeness (QED) is 0.532. The molecule has 0 nitrogen and oxygen atoms in total. The summed E-state index contributed by atoms with van der Waals surface area (Å²) in [6, 6.07) is 0. The summed E-state index contributed by atoms with van der Waals surface area (Å²) in [4.78, 5) is 0. The molecule has 0 aromatic heterocycles. The summed E-state index contributed by atoms with van der Waals surface area (Å²) in [6.07, 6.45) is 0. The average molecular weight is 285 g/mol. The molecule has 0 bridgehead atoms. The van der Waals surface area contributed by atoms with Crippen LogP contribution in [0.3, 0.4) is 0 Å². The minimum absolute atomic E-state index is 0. The molecule has 0 amide bonds. The summed E-state index contributed by atoms with van der Waals surface area (Å²) in [5.74, 6) is 0. The van der Waals surface area contributed by atoms with Crippen LogP contribution in [0.15, 0.2) is 0 Å². The van der Waals surface area contributed by atoms with Gasteiger partial charge in [-0.2, -0.15) is 0 Å². The Bertz CT molecular complexity index is 8.00. The summed E-state index contributed by atoms with van der Waals surface area (Å²) in [7, 11) is 0. The third kappa shape index (κ3) is 8.82. The molecule has 4 heteroatoms. The second-order valence-electron chi connectivity index (χ2n) is 0. The monoisotopic (exact) mass is 286 g/mol. The van der Waals surface area contributed by atoms with Crippen molar-refractivity contribution in [2.24, 2.45) is 0 Å². The van der Waals surface area contributed by atoms with Crippen LogP contribution in [0.25, 0.3) is 0 Å². The van der Waals surface area contributed by atoms with Gasteiger partial charge in [0.1, 0.15) is 0 Å². The molecule has 0 spiro atoms. The molecule has 0 N–H and O–H groups in total. The van der Waals surface area contributed by atoms with Crippen LogP contribution in [0.4, 0.5) is 0 Å². The van der Waals surface area contributed by atoms with Crippen molar-refractivity contribution in [2.45, 2.75) is 0 Å². The van der Waals surface area contributed by atoms with E-state index in [9.17, 15) is 0 Å². The third-order valence-electron chi connectivity index (χ3n) is 0. The van der Waals surface area contributed by atoms with Crippen molar-refractivity contribution in [2.75, 3.05) is 0 Å². The molecule has 0 saturated heterocycles. The van der Waals surface area contributed by atoms with Gasteiger partial charge in [-0.15, -0.1) is 0 Å². The maximum Gasteiger partial charge on any atom is 0 e. The smallest absolute Gasteiger partial charge is 0 e. The maximum absolute atomic E-state index is 0. The van der Waals surface area contributed by atoms with E-state index < -0.39 is 0 Å². The Balaban J connectivity index is 0. The van der Waals surface area contributed by atoms with Crippen molar-refractivity contribution < 1.29 is 55.9 Å². The predicted octanol–water partition coefficient (Wildman–Crippen LogP) is -0.388. The minimum Gasteiger partial charge on any atom is 0 e. The Morgan fingerprint density at radius 2 is 1.00 bits per heavy atom. The van der Waals surface area contributed by atoms with Gasteiger partial charge in [0.2, 0.25) is 0 Å². The standard InChI is InChI=1S/Cu.Mn.Sn.Ti. The van der Waals surface area contributed by atoms with Crippen LogP contribution >= 0.6 is 0 Å². The zero-order valence-electron chi connectivity index (χ0n) is 1.68. The number of rotatable bonds is 0. The van der Waals surface area contributed by atoms with Gasteiger partial charge >= 0.3 is 0 Å². The molecular weight excluding hydrogens is 285 g/mol. The summed E-state index contributed by atoms with van der Waals surface area (Å²) >= 11 is 0. The first-order valence-electron chi connectivity index (χ1n) is 0. The van der Waals surface area contributed by atoms with Crippen LogP contribution in [0.1, 0.15) is 0 Å². The van der Waals surface area contributed by atoms with Gasteiger partial charge in [-0.3, -0.25) is 0 Å². The van der Waals surface area contributed by atoms with Crippen LogP contribution in [0.2, 0.25) is 0 Å². The largest absolute Gasteiger partial charge is 0 e. The van der Waals surface area contributed by atoms with Crippen molar-refractivity contribution in [3.05, 3.63) is 0 Å². The van der Waals surface area contributed by atoms with Crippen LogP contribution in [0, 0.1) is 0 Å². The molecule has 0 unspecified atom stereocenters. The van der Waals surface area contributed by atoms with Gasteiger partial charge in [0.25, 0.3) is 0 Å². The molecule has 4 heavy (non-hydrogen) atoms. The van der Waals surface area contributed by atoms with Crippen molar-refractivity contribution >= 4 is 23.9 Å². The SMILES string of the molecule is [Cu].[Mn].[Sn].[Ti]. The van der Waals surface area contributed by atoms with E-state index in [1.165, 1.54) is 0 Å². The van der Waals surface area contributed by atoms with E-state index in [1.807, 2.05) is 0 Å². The van der Waals surface area contributed by atoms with Crippen molar-refractivity contribution in [1.82, 2.24) is 0 Å². The maximum atomic E-state index is 0. The van der Waals surface area contributed by atoms with Crippen LogP contribution in [-0.4, -0.2) is 23.9 Å². The van der Waals surface area contributed by atoms with Gasteiger partial charge in [0.15, 0.2) is 0 Å². The normalized spacial score (nSPS) is 0. The third-order valence-corrected chi connectivity index (χ3v) is 0. The van der Waals surface area contributed by atoms with E-state index >= 15 is 0 Å². The fourth-order valence-electron chi connectivity index (χ4n) is 0.